The monoisotopic (exact) mass is 348 g/mol. The van der Waals surface area contributed by atoms with Gasteiger partial charge in [0.2, 0.25) is 0 Å². The quantitative estimate of drug-likeness (QED) is 0.586. The lowest BCUT2D eigenvalue weighted by atomic mass is 10.2. The highest BCUT2D eigenvalue weighted by Gasteiger charge is 2.01. The van der Waals surface area contributed by atoms with Crippen LogP contribution in [0.25, 0.3) is 10.9 Å². The van der Waals surface area contributed by atoms with E-state index in [0.717, 1.165) is 24.6 Å². The molecule has 0 unspecified atom stereocenters. The van der Waals surface area contributed by atoms with Gasteiger partial charge in [0.15, 0.2) is 0 Å². The molecule has 0 saturated carbocycles. The van der Waals surface area contributed by atoms with Crippen LogP contribution in [0.4, 0.5) is 5.69 Å². The maximum atomic E-state index is 5.73. The summed E-state index contributed by atoms with van der Waals surface area (Å²) in [4.78, 5) is 4.31. The summed E-state index contributed by atoms with van der Waals surface area (Å²) in [7, 11) is 0. The lowest BCUT2D eigenvalue weighted by Crippen LogP contribution is -1.89. The average molecular weight is 349 g/mol. The summed E-state index contributed by atoms with van der Waals surface area (Å²) in [5.74, 6) is 0. The Hall–Kier alpha value is -0.360. The van der Waals surface area contributed by atoms with Crippen LogP contribution in [0.1, 0.15) is 0 Å². The van der Waals surface area contributed by atoms with Crippen LogP contribution in [0, 0.1) is 3.57 Å². The zero-order valence-electron chi connectivity index (χ0n) is 6.59. The van der Waals surface area contributed by atoms with E-state index in [1.165, 1.54) is 0 Å². The molecule has 0 radical (unpaired) electrons. The molecular formula is C9H6BrIN2. The van der Waals surface area contributed by atoms with Gasteiger partial charge in [-0.05, 0) is 56.7 Å². The fourth-order valence-corrected chi connectivity index (χ4v) is 2.36. The topological polar surface area (TPSA) is 38.9 Å². The molecule has 13 heavy (non-hydrogen) atoms. The van der Waals surface area contributed by atoms with Crippen LogP contribution in [0.5, 0.6) is 0 Å². The van der Waals surface area contributed by atoms with Gasteiger partial charge in [-0.3, -0.25) is 4.98 Å². The van der Waals surface area contributed by atoms with Gasteiger partial charge in [0.05, 0.1) is 5.52 Å². The van der Waals surface area contributed by atoms with Crippen molar-refractivity contribution in [1.82, 2.24) is 4.98 Å². The van der Waals surface area contributed by atoms with Crippen LogP contribution in [0.2, 0.25) is 0 Å². The van der Waals surface area contributed by atoms with E-state index in [4.69, 9.17) is 5.73 Å². The van der Waals surface area contributed by atoms with Gasteiger partial charge in [-0.25, -0.2) is 0 Å². The second kappa shape index (κ2) is 3.42. The minimum absolute atomic E-state index is 0.775. The van der Waals surface area contributed by atoms with Crippen LogP contribution in [0.3, 0.4) is 0 Å². The molecule has 0 saturated heterocycles. The zero-order valence-corrected chi connectivity index (χ0v) is 10.3. The van der Waals surface area contributed by atoms with Gasteiger partial charge in [0.1, 0.15) is 0 Å². The number of anilines is 1. The molecule has 2 aromatic rings. The summed E-state index contributed by atoms with van der Waals surface area (Å²) in [5, 5.41) is 1.07. The Morgan fingerprint density at radius 3 is 2.85 bits per heavy atom. The second-order valence-electron chi connectivity index (χ2n) is 2.73. The highest BCUT2D eigenvalue weighted by atomic mass is 127. The fraction of sp³-hybridized carbons (Fsp3) is 0. The Morgan fingerprint density at radius 2 is 2.08 bits per heavy atom. The van der Waals surface area contributed by atoms with E-state index in [0.29, 0.717) is 0 Å². The van der Waals surface area contributed by atoms with E-state index >= 15 is 0 Å². The molecule has 66 valence electrons. The van der Waals surface area contributed by atoms with Crippen LogP contribution in [-0.2, 0) is 0 Å². The van der Waals surface area contributed by atoms with Gasteiger partial charge in [0, 0.05) is 25.3 Å². The largest absolute Gasteiger partial charge is 0.399 e. The van der Waals surface area contributed by atoms with E-state index in [1.807, 2.05) is 18.2 Å². The molecule has 0 bridgehead atoms. The normalized spacial score (nSPS) is 10.6. The van der Waals surface area contributed by atoms with Gasteiger partial charge >= 0.3 is 0 Å². The Balaban J connectivity index is 2.86. The van der Waals surface area contributed by atoms with Crippen LogP contribution < -0.4 is 5.73 Å². The maximum Gasteiger partial charge on any atom is 0.0837 e. The molecule has 0 aliphatic rings. The van der Waals surface area contributed by atoms with E-state index in [1.54, 1.807) is 6.20 Å². The molecule has 0 amide bonds. The molecule has 0 fully saturated rings. The van der Waals surface area contributed by atoms with Crippen molar-refractivity contribution in [2.24, 2.45) is 0 Å². The average Bonchev–Trinajstić information content (AvgIpc) is 2.02. The smallest absolute Gasteiger partial charge is 0.0837 e. The van der Waals surface area contributed by atoms with Crippen molar-refractivity contribution in [3.8, 4) is 0 Å². The highest BCUT2D eigenvalue weighted by molar-refractivity contribution is 14.1. The van der Waals surface area contributed by atoms with Crippen LogP contribution >= 0.6 is 38.5 Å². The SMILES string of the molecule is Nc1cc(I)c2ncc(Br)cc2c1. The minimum atomic E-state index is 0.775. The number of nitrogens with two attached hydrogens (primary N) is 1. The zero-order chi connectivity index (χ0) is 9.42. The Bertz CT molecular complexity index is 465. The molecule has 2 nitrogen and oxygen atoms in total. The Morgan fingerprint density at radius 1 is 1.31 bits per heavy atom. The first-order valence-electron chi connectivity index (χ1n) is 3.67. The van der Waals surface area contributed by atoms with Crippen molar-refractivity contribution in [2.45, 2.75) is 0 Å². The Labute approximate surface area is 97.8 Å². The van der Waals surface area contributed by atoms with Crippen molar-refractivity contribution in [1.29, 1.82) is 0 Å². The lowest BCUT2D eigenvalue weighted by Gasteiger charge is -2.01. The molecule has 2 rings (SSSR count). The summed E-state index contributed by atoms with van der Waals surface area (Å²) in [6, 6.07) is 5.86. The first-order chi connectivity index (χ1) is 6.16. The predicted molar refractivity (Wildman–Crippen MR) is 66.6 cm³/mol. The highest BCUT2D eigenvalue weighted by Crippen LogP contribution is 2.24. The first-order valence-corrected chi connectivity index (χ1v) is 5.54. The summed E-state index contributed by atoms with van der Waals surface area (Å²) in [6.45, 7) is 0. The number of hydrogen-bond acceptors (Lipinski definition) is 2. The number of rotatable bonds is 0. The third kappa shape index (κ3) is 1.78. The van der Waals surface area contributed by atoms with Crippen molar-refractivity contribution >= 4 is 55.1 Å². The van der Waals surface area contributed by atoms with E-state index in [-0.39, 0.29) is 0 Å². The number of hydrogen-bond donors (Lipinski definition) is 1. The van der Waals surface area contributed by atoms with E-state index < -0.39 is 0 Å². The number of benzene rings is 1. The van der Waals surface area contributed by atoms with Crippen LogP contribution in [0.15, 0.2) is 28.9 Å². The summed E-state index contributed by atoms with van der Waals surface area (Å²) in [6.07, 6.45) is 1.79. The number of aromatic nitrogens is 1. The number of nitrogens with zero attached hydrogens (tertiary/aromatic N) is 1. The van der Waals surface area contributed by atoms with Gasteiger partial charge in [-0.1, -0.05) is 0 Å². The molecule has 4 heteroatoms. The van der Waals surface area contributed by atoms with Gasteiger partial charge < -0.3 is 5.73 Å². The number of fused-ring (bicyclic) bond motifs is 1. The van der Waals surface area contributed by atoms with Gasteiger partial charge in [-0.15, -0.1) is 0 Å². The number of nitrogen functional groups attached to an aromatic ring is 1. The fourth-order valence-electron chi connectivity index (χ4n) is 1.20. The first kappa shape index (κ1) is 9.21. The number of halogens is 2. The lowest BCUT2D eigenvalue weighted by molar-refractivity contribution is 1.38. The summed E-state index contributed by atoms with van der Waals surface area (Å²) < 4.78 is 2.06. The molecular weight excluding hydrogens is 343 g/mol. The molecule has 2 N–H and O–H groups in total. The van der Waals surface area contributed by atoms with Gasteiger partial charge in [-0.2, -0.15) is 0 Å². The molecule has 1 heterocycles. The predicted octanol–water partition coefficient (Wildman–Crippen LogP) is 3.18. The second-order valence-corrected chi connectivity index (χ2v) is 4.81. The molecule has 1 aromatic heterocycles. The van der Waals surface area contributed by atoms with Gasteiger partial charge in [0.25, 0.3) is 0 Å². The molecule has 1 aromatic carbocycles. The maximum absolute atomic E-state index is 5.73. The third-order valence-corrected chi connectivity index (χ3v) is 2.98. The molecule has 0 aliphatic carbocycles. The van der Waals surface area contributed by atoms with E-state index in [9.17, 15) is 0 Å². The van der Waals surface area contributed by atoms with Crippen molar-refractivity contribution in [2.75, 3.05) is 5.73 Å². The molecule has 0 aliphatic heterocycles. The number of pyridine rings is 1. The van der Waals surface area contributed by atoms with Crippen LogP contribution in [-0.4, -0.2) is 4.98 Å². The third-order valence-electron chi connectivity index (χ3n) is 1.73. The standard InChI is InChI=1S/C9H6BrIN2/c10-6-1-5-2-7(12)3-8(11)9(5)13-4-6/h1-4H,12H2. The molecule has 0 atom stereocenters. The minimum Gasteiger partial charge on any atom is -0.399 e. The Kier molecular flexibility index (Phi) is 2.42. The van der Waals surface area contributed by atoms with Crippen molar-refractivity contribution < 1.29 is 0 Å². The van der Waals surface area contributed by atoms with Crippen molar-refractivity contribution in [3.63, 3.8) is 0 Å². The van der Waals surface area contributed by atoms with E-state index in [2.05, 4.69) is 43.5 Å². The summed E-state index contributed by atoms with van der Waals surface area (Å²) >= 11 is 5.61. The molecule has 0 spiro atoms. The van der Waals surface area contributed by atoms with Crippen molar-refractivity contribution in [3.05, 3.63) is 32.4 Å². The summed E-state index contributed by atoms with van der Waals surface area (Å²) in [5.41, 5.74) is 7.50.